The van der Waals surface area contributed by atoms with Crippen LogP contribution in [0.25, 0.3) is 0 Å². The van der Waals surface area contributed by atoms with Crippen LogP contribution in [0.5, 0.6) is 0 Å². The van der Waals surface area contributed by atoms with E-state index in [1.807, 2.05) is 20.9 Å². The lowest BCUT2D eigenvalue weighted by molar-refractivity contribution is 0.430. The van der Waals surface area contributed by atoms with Crippen LogP contribution in [0.1, 0.15) is 37.2 Å². The Hall–Kier alpha value is -1.16. The molecular formula is C14H24N4. The van der Waals surface area contributed by atoms with Crippen molar-refractivity contribution in [1.29, 1.82) is 0 Å². The minimum Gasteiger partial charge on any atom is -0.353 e. The molecule has 1 aromatic heterocycles. The topological polar surface area (TPSA) is 41.0 Å². The monoisotopic (exact) mass is 248 g/mol. The van der Waals surface area contributed by atoms with Crippen LogP contribution >= 0.6 is 0 Å². The van der Waals surface area contributed by atoms with E-state index in [1.165, 1.54) is 25.7 Å². The molecule has 0 spiro atoms. The zero-order chi connectivity index (χ0) is 13.0. The zero-order valence-electron chi connectivity index (χ0n) is 11.7. The third kappa shape index (κ3) is 3.19. The summed E-state index contributed by atoms with van der Waals surface area (Å²) >= 11 is 0. The number of rotatable bonds is 4. The second-order valence-corrected chi connectivity index (χ2v) is 5.15. The Balaban J connectivity index is 2.16. The smallest absolute Gasteiger partial charge is 0.132 e. The summed E-state index contributed by atoms with van der Waals surface area (Å²) in [6, 6.07) is 2.74. The van der Waals surface area contributed by atoms with Crippen molar-refractivity contribution in [1.82, 2.24) is 15.3 Å². The molecule has 2 rings (SSSR count). The highest BCUT2D eigenvalue weighted by molar-refractivity contribution is 5.41. The summed E-state index contributed by atoms with van der Waals surface area (Å²) in [6.45, 7) is 6.22. The van der Waals surface area contributed by atoms with Gasteiger partial charge in [-0.05, 0) is 53.1 Å². The highest BCUT2D eigenvalue weighted by Crippen LogP contribution is 2.25. The van der Waals surface area contributed by atoms with E-state index in [9.17, 15) is 0 Å². The summed E-state index contributed by atoms with van der Waals surface area (Å²) in [7, 11) is 2.02. The Morgan fingerprint density at radius 2 is 2.17 bits per heavy atom. The van der Waals surface area contributed by atoms with Crippen LogP contribution in [0.2, 0.25) is 0 Å². The van der Waals surface area contributed by atoms with E-state index in [4.69, 9.17) is 0 Å². The minimum absolute atomic E-state index is 0.625. The number of aryl methyl sites for hydroxylation is 2. The number of nitrogens with zero attached hydrogens (tertiary/aromatic N) is 3. The number of anilines is 1. The third-order valence-electron chi connectivity index (χ3n) is 3.60. The van der Waals surface area contributed by atoms with Crippen molar-refractivity contribution >= 4 is 5.82 Å². The first kappa shape index (κ1) is 13.3. The highest BCUT2D eigenvalue weighted by Gasteiger charge is 2.23. The number of aromatic nitrogens is 2. The van der Waals surface area contributed by atoms with Crippen molar-refractivity contribution in [3.63, 3.8) is 0 Å². The maximum atomic E-state index is 4.61. The predicted octanol–water partition coefficient (Wildman–Crippen LogP) is 2.06. The van der Waals surface area contributed by atoms with E-state index in [-0.39, 0.29) is 0 Å². The quantitative estimate of drug-likeness (QED) is 0.885. The van der Waals surface area contributed by atoms with Crippen molar-refractivity contribution in [2.24, 2.45) is 0 Å². The second-order valence-electron chi connectivity index (χ2n) is 5.15. The summed E-state index contributed by atoms with van der Waals surface area (Å²) < 4.78 is 0. The predicted molar refractivity (Wildman–Crippen MR) is 75.0 cm³/mol. The molecule has 2 heterocycles. The van der Waals surface area contributed by atoms with Gasteiger partial charge in [0.05, 0.1) is 0 Å². The molecule has 0 radical (unpaired) electrons. The maximum Gasteiger partial charge on any atom is 0.132 e. The number of hydrogen-bond donors (Lipinski definition) is 1. The van der Waals surface area contributed by atoms with Crippen molar-refractivity contribution < 1.29 is 0 Å². The number of piperidine rings is 1. The van der Waals surface area contributed by atoms with Gasteiger partial charge in [0.15, 0.2) is 0 Å². The Bertz CT molecular complexity index is 371. The standard InChI is InChI=1S/C14H24N4/c1-11-10-14(17-12(2)16-11)18-9-5-4-6-13(18)7-8-15-3/h10,13,15H,4-9H2,1-3H3. The Morgan fingerprint density at radius 3 is 2.89 bits per heavy atom. The molecule has 1 atom stereocenters. The highest BCUT2D eigenvalue weighted by atomic mass is 15.2. The fourth-order valence-electron chi connectivity index (χ4n) is 2.76. The molecule has 1 unspecified atom stereocenters. The molecule has 0 aromatic carbocycles. The summed E-state index contributed by atoms with van der Waals surface area (Å²) in [5.41, 5.74) is 1.07. The molecule has 4 nitrogen and oxygen atoms in total. The second kappa shape index (κ2) is 6.14. The van der Waals surface area contributed by atoms with E-state index in [2.05, 4.69) is 26.3 Å². The van der Waals surface area contributed by atoms with Gasteiger partial charge in [-0.15, -0.1) is 0 Å². The maximum absolute atomic E-state index is 4.61. The lowest BCUT2D eigenvalue weighted by atomic mass is 9.99. The lowest BCUT2D eigenvalue weighted by Gasteiger charge is -2.37. The third-order valence-corrected chi connectivity index (χ3v) is 3.60. The van der Waals surface area contributed by atoms with Crippen LogP contribution in [0.3, 0.4) is 0 Å². The molecule has 0 saturated carbocycles. The molecule has 18 heavy (non-hydrogen) atoms. The van der Waals surface area contributed by atoms with Gasteiger partial charge in [-0.25, -0.2) is 9.97 Å². The van der Waals surface area contributed by atoms with Gasteiger partial charge in [-0.2, -0.15) is 0 Å². The molecule has 4 heteroatoms. The van der Waals surface area contributed by atoms with Crippen molar-refractivity contribution in [3.05, 3.63) is 17.6 Å². The summed E-state index contributed by atoms with van der Waals surface area (Å²) in [6.07, 6.45) is 5.09. The molecule has 1 saturated heterocycles. The molecule has 1 N–H and O–H groups in total. The van der Waals surface area contributed by atoms with Crippen molar-refractivity contribution in [3.8, 4) is 0 Å². The fraction of sp³-hybridized carbons (Fsp3) is 0.714. The van der Waals surface area contributed by atoms with Crippen LogP contribution in [0, 0.1) is 13.8 Å². The molecule has 0 aliphatic carbocycles. The first-order valence-electron chi connectivity index (χ1n) is 6.94. The van der Waals surface area contributed by atoms with E-state index >= 15 is 0 Å². The van der Waals surface area contributed by atoms with Crippen LogP contribution in [-0.4, -0.2) is 36.1 Å². The van der Waals surface area contributed by atoms with Gasteiger partial charge in [0.2, 0.25) is 0 Å². The van der Waals surface area contributed by atoms with Gasteiger partial charge in [0.1, 0.15) is 11.6 Å². The average Bonchev–Trinajstić information content (AvgIpc) is 2.35. The Kier molecular flexibility index (Phi) is 4.53. The van der Waals surface area contributed by atoms with Gasteiger partial charge < -0.3 is 10.2 Å². The van der Waals surface area contributed by atoms with Gasteiger partial charge in [-0.1, -0.05) is 0 Å². The zero-order valence-corrected chi connectivity index (χ0v) is 11.7. The summed E-state index contributed by atoms with van der Waals surface area (Å²) in [4.78, 5) is 11.5. The first-order chi connectivity index (χ1) is 8.70. The normalized spacial score (nSPS) is 20.2. The van der Waals surface area contributed by atoms with Crippen molar-refractivity contribution in [2.45, 2.75) is 45.6 Å². The van der Waals surface area contributed by atoms with E-state index in [1.54, 1.807) is 0 Å². The first-order valence-corrected chi connectivity index (χ1v) is 6.94. The molecule has 1 aromatic rings. The van der Waals surface area contributed by atoms with Gasteiger partial charge in [-0.3, -0.25) is 0 Å². The average molecular weight is 248 g/mol. The van der Waals surface area contributed by atoms with Gasteiger partial charge >= 0.3 is 0 Å². The summed E-state index contributed by atoms with van der Waals surface area (Å²) in [5.74, 6) is 1.99. The van der Waals surface area contributed by atoms with Crippen LogP contribution < -0.4 is 10.2 Å². The molecule has 1 fully saturated rings. The van der Waals surface area contributed by atoms with E-state index < -0.39 is 0 Å². The largest absolute Gasteiger partial charge is 0.353 e. The van der Waals surface area contributed by atoms with E-state index in [0.717, 1.165) is 30.4 Å². The molecule has 0 amide bonds. The van der Waals surface area contributed by atoms with Crippen LogP contribution in [-0.2, 0) is 0 Å². The number of nitrogens with one attached hydrogen (secondary N) is 1. The molecule has 100 valence electrons. The van der Waals surface area contributed by atoms with Crippen molar-refractivity contribution in [2.75, 3.05) is 25.0 Å². The molecule has 1 aliphatic rings. The Labute approximate surface area is 110 Å². The molecule has 1 aliphatic heterocycles. The number of hydrogen-bond acceptors (Lipinski definition) is 4. The summed E-state index contributed by atoms with van der Waals surface area (Å²) in [5, 5.41) is 3.25. The van der Waals surface area contributed by atoms with E-state index in [0.29, 0.717) is 6.04 Å². The SMILES string of the molecule is CNCCC1CCCCN1c1cc(C)nc(C)n1. The molecule has 0 bridgehead atoms. The van der Waals surface area contributed by atoms with Crippen LogP contribution in [0.15, 0.2) is 6.07 Å². The lowest BCUT2D eigenvalue weighted by Crippen LogP contribution is -2.41. The molecular weight excluding hydrogens is 224 g/mol. The van der Waals surface area contributed by atoms with Crippen LogP contribution in [0.4, 0.5) is 5.82 Å². The Morgan fingerprint density at radius 1 is 1.33 bits per heavy atom. The minimum atomic E-state index is 0.625. The van der Waals surface area contributed by atoms with Gasteiger partial charge in [0, 0.05) is 24.3 Å². The fourth-order valence-corrected chi connectivity index (χ4v) is 2.76. The van der Waals surface area contributed by atoms with Gasteiger partial charge in [0.25, 0.3) is 0 Å².